The van der Waals surface area contributed by atoms with Crippen molar-refractivity contribution in [2.45, 2.75) is 24.9 Å². The number of carbonyl (C=O) groups excluding carboxylic acids is 1. The second-order valence-electron chi connectivity index (χ2n) is 8.39. The molecular weight excluding hydrogens is 464 g/mol. The summed E-state index contributed by atoms with van der Waals surface area (Å²) in [4.78, 5) is 17.5. The number of ether oxygens (including phenoxy) is 1. The van der Waals surface area contributed by atoms with Gasteiger partial charge in [0.15, 0.2) is 0 Å². The SMILES string of the molecule is CCNC(=O)[C@@]1(C)COc2c1cc([C@@](O)(CN)c1ccccc1)nc2-c1cc(Cl)c(F)cc1F. The van der Waals surface area contributed by atoms with Crippen LogP contribution < -0.4 is 15.8 Å². The van der Waals surface area contributed by atoms with Gasteiger partial charge in [0, 0.05) is 30.3 Å². The molecular formula is C25H24ClF2N3O3. The number of rotatable bonds is 6. The second-order valence-corrected chi connectivity index (χ2v) is 8.80. The van der Waals surface area contributed by atoms with Crippen LogP contribution in [-0.4, -0.2) is 35.7 Å². The van der Waals surface area contributed by atoms with Crippen molar-refractivity contribution in [1.29, 1.82) is 0 Å². The van der Waals surface area contributed by atoms with Gasteiger partial charge >= 0.3 is 0 Å². The lowest BCUT2D eigenvalue weighted by Gasteiger charge is -2.29. The first kappa shape index (κ1) is 24.1. The lowest BCUT2D eigenvalue weighted by molar-refractivity contribution is -0.126. The Labute approximate surface area is 200 Å². The first-order chi connectivity index (χ1) is 16.2. The second kappa shape index (κ2) is 8.94. The van der Waals surface area contributed by atoms with Gasteiger partial charge in [-0.05, 0) is 31.5 Å². The summed E-state index contributed by atoms with van der Waals surface area (Å²) in [6.45, 7) is 3.60. The third kappa shape index (κ3) is 3.81. The molecule has 1 amide bonds. The van der Waals surface area contributed by atoms with Crippen molar-refractivity contribution in [3.8, 4) is 17.0 Å². The zero-order valence-corrected chi connectivity index (χ0v) is 19.4. The van der Waals surface area contributed by atoms with Crippen LogP contribution in [0.3, 0.4) is 0 Å². The molecule has 2 atom stereocenters. The summed E-state index contributed by atoms with van der Waals surface area (Å²) < 4.78 is 34.7. The molecule has 34 heavy (non-hydrogen) atoms. The standard InChI is InChI=1S/C25H24ClF2N3O3/c1-3-30-23(32)24(2)13-34-22-16(24)10-20(25(33,12-29)14-7-5-4-6-8-14)31-21(22)15-9-17(26)19(28)11-18(15)27/h4-11,33H,3,12-13,29H2,1-2H3,(H,30,32)/t24-,25+/m0/s1. The van der Waals surface area contributed by atoms with E-state index in [0.29, 0.717) is 23.7 Å². The average molecular weight is 488 g/mol. The van der Waals surface area contributed by atoms with Crippen molar-refractivity contribution < 1.29 is 23.4 Å². The van der Waals surface area contributed by atoms with Crippen molar-refractivity contribution in [2.75, 3.05) is 19.7 Å². The smallest absolute Gasteiger partial charge is 0.233 e. The van der Waals surface area contributed by atoms with Crippen molar-refractivity contribution >= 4 is 17.5 Å². The van der Waals surface area contributed by atoms with Crippen LogP contribution in [0.15, 0.2) is 48.5 Å². The molecule has 1 aliphatic rings. The topological polar surface area (TPSA) is 97.5 Å². The molecule has 0 saturated carbocycles. The Morgan fingerprint density at radius 3 is 2.62 bits per heavy atom. The van der Waals surface area contributed by atoms with Crippen LogP contribution in [0.4, 0.5) is 8.78 Å². The number of aliphatic hydroxyl groups is 1. The lowest BCUT2D eigenvalue weighted by Crippen LogP contribution is -2.44. The van der Waals surface area contributed by atoms with Crippen molar-refractivity contribution in [3.63, 3.8) is 0 Å². The van der Waals surface area contributed by atoms with E-state index in [9.17, 15) is 18.7 Å². The van der Waals surface area contributed by atoms with Crippen LogP contribution in [0.25, 0.3) is 11.3 Å². The Morgan fingerprint density at radius 2 is 1.97 bits per heavy atom. The normalized spacial score (nSPS) is 18.7. The minimum atomic E-state index is -1.75. The predicted octanol–water partition coefficient (Wildman–Crippen LogP) is 3.66. The molecule has 6 nitrogen and oxygen atoms in total. The van der Waals surface area contributed by atoms with Crippen molar-refractivity contribution in [1.82, 2.24) is 10.3 Å². The van der Waals surface area contributed by atoms with Gasteiger partial charge in [0.1, 0.15) is 40.7 Å². The number of carbonyl (C=O) groups is 1. The van der Waals surface area contributed by atoms with Gasteiger partial charge in [-0.3, -0.25) is 4.79 Å². The summed E-state index contributed by atoms with van der Waals surface area (Å²) in [5.74, 6) is -1.98. The van der Waals surface area contributed by atoms with E-state index in [2.05, 4.69) is 10.3 Å². The molecule has 1 aromatic heterocycles. The lowest BCUT2D eigenvalue weighted by atomic mass is 9.80. The van der Waals surface area contributed by atoms with Crippen molar-refractivity contribution in [2.24, 2.45) is 5.73 Å². The van der Waals surface area contributed by atoms with Crippen molar-refractivity contribution in [3.05, 3.63) is 82.0 Å². The molecule has 178 valence electrons. The number of fused-ring (bicyclic) bond motifs is 1. The largest absolute Gasteiger partial charge is 0.489 e. The molecule has 0 radical (unpaired) electrons. The van der Waals surface area contributed by atoms with Gasteiger partial charge < -0.3 is 20.9 Å². The fraction of sp³-hybridized carbons (Fsp3) is 0.280. The predicted molar refractivity (Wildman–Crippen MR) is 125 cm³/mol. The van der Waals surface area contributed by atoms with Gasteiger partial charge in [-0.15, -0.1) is 0 Å². The Hall–Kier alpha value is -3.07. The number of likely N-dealkylation sites (N-methyl/N-ethyl adjacent to an activating group) is 1. The molecule has 0 fully saturated rings. The number of nitrogens with zero attached hydrogens (tertiary/aromatic N) is 1. The van der Waals surface area contributed by atoms with Crippen LogP contribution in [0, 0.1) is 11.6 Å². The highest BCUT2D eigenvalue weighted by Crippen LogP contribution is 2.47. The molecule has 2 heterocycles. The molecule has 4 rings (SSSR count). The van der Waals surface area contributed by atoms with Crippen LogP contribution in [-0.2, 0) is 15.8 Å². The number of pyridine rings is 1. The number of nitrogens with one attached hydrogen (secondary N) is 1. The third-order valence-electron chi connectivity index (χ3n) is 6.15. The quantitative estimate of drug-likeness (QED) is 0.461. The maximum absolute atomic E-state index is 14.9. The maximum atomic E-state index is 14.9. The molecule has 1 aliphatic heterocycles. The van der Waals surface area contributed by atoms with Crippen LogP contribution >= 0.6 is 11.6 Å². The molecule has 0 spiro atoms. The van der Waals surface area contributed by atoms with Crippen LogP contribution in [0.1, 0.15) is 30.7 Å². The van der Waals surface area contributed by atoms with E-state index in [1.54, 1.807) is 50.2 Å². The van der Waals surface area contributed by atoms with Gasteiger partial charge in [-0.25, -0.2) is 13.8 Å². The average Bonchev–Trinajstić information content (AvgIpc) is 3.19. The summed E-state index contributed by atoms with van der Waals surface area (Å²) in [5.41, 5.74) is 3.93. The summed E-state index contributed by atoms with van der Waals surface area (Å²) in [7, 11) is 0. The highest BCUT2D eigenvalue weighted by Gasteiger charge is 2.46. The molecule has 0 bridgehead atoms. The molecule has 0 aliphatic carbocycles. The van der Waals surface area contributed by atoms with E-state index in [0.717, 1.165) is 6.07 Å². The summed E-state index contributed by atoms with van der Waals surface area (Å²) >= 11 is 5.94. The first-order valence-corrected chi connectivity index (χ1v) is 11.1. The van der Waals surface area contributed by atoms with E-state index in [4.69, 9.17) is 22.1 Å². The highest BCUT2D eigenvalue weighted by molar-refractivity contribution is 6.31. The van der Waals surface area contributed by atoms with Crippen LogP contribution in [0.5, 0.6) is 5.75 Å². The van der Waals surface area contributed by atoms with Gasteiger partial charge in [0.05, 0.1) is 10.7 Å². The summed E-state index contributed by atoms with van der Waals surface area (Å²) in [6.07, 6.45) is 0. The number of hydrogen-bond donors (Lipinski definition) is 3. The van der Waals surface area contributed by atoms with E-state index in [1.165, 1.54) is 0 Å². The number of nitrogens with two attached hydrogens (primary N) is 1. The molecule has 0 saturated heterocycles. The third-order valence-corrected chi connectivity index (χ3v) is 6.44. The molecule has 9 heteroatoms. The maximum Gasteiger partial charge on any atom is 0.233 e. The molecule has 4 N–H and O–H groups in total. The monoisotopic (exact) mass is 487 g/mol. The highest BCUT2D eigenvalue weighted by atomic mass is 35.5. The molecule has 0 unspecified atom stereocenters. The fourth-order valence-electron chi connectivity index (χ4n) is 4.11. The Kier molecular flexibility index (Phi) is 6.33. The van der Waals surface area contributed by atoms with E-state index >= 15 is 0 Å². The Morgan fingerprint density at radius 1 is 1.26 bits per heavy atom. The number of aromatic nitrogens is 1. The number of hydrogen-bond acceptors (Lipinski definition) is 5. The zero-order chi connectivity index (χ0) is 24.7. The molecule has 3 aromatic rings. The zero-order valence-electron chi connectivity index (χ0n) is 18.7. The Balaban J connectivity index is 2.03. The fourth-order valence-corrected chi connectivity index (χ4v) is 4.27. The van der Waals surface area contributed by atoms with Crippen LogP contribution in [0.2, 0.25) is 5.02 Å². The van der Waals surface area contributed by atoms with Gasteiger partial charge in [0.2, 0.25) is 5.91 Å². The number of amides is 1. The number of halogens is 3. The van der Waals surface area contributed by atoms with E-state index < -0.39 is 22.7 Å². The summed E-state index contributed by atoms with van der Waals surface area (Å²) in [5, 5.41) is 14.1. The minimum absolute atomic E-state index is 0.0114. The number of benzene rings is 2. The van der Waals surface area contributed by atoms with Gasteiger partial charge in [0.25, 0.3) is 0 Å². The van der Waals surface area contributed by atoms with E-state index in [1.807, 2.05) is 0 Å². The summed E-state index contributed by atoms with van der Waals surface area (Å²) in [6, 6.07) is 12.0. The van der Waals surface area contributed by atoms with Gasteiger partial charge in [-0.1, -0.05) is 41.9 Å². The first-order valence-electron chi connectivity index (χ1n) is 10.8. The molecule has 2 aromatic carbocycles. The van der Waals surface area contributed by atoms with E-state index in [-0.39, 0.29) is 46.8 Å². The Bertz CT molecular complexity index is 1260. The van der Waals surface area contributed by atoms with Gasteiger partial charge in [-0.2, -0.15) is 0 Å². The minimum Gasteiger partial charge on any atom is -0.489 e.